The maximum absolute atomic E-state index is 12.7. The predicted octanol–water partition coefficient (Wildman–Crippen LogP) is 3.31. The third-order valence-electron chi connectivity index (χ3n) is 3.91. The van der Waals surface area contributed by atoms with Gasteiger partial charge in [0.25, 0.3) is 5.69 Å². The largest absolute Gasteiger partial charge is 0.287 e. The van der Waals surface area contributed by atoms with Gasteiger partial charge < -0.3 is 0 Å². The van der Waals surface area contributed by atoms with Gasteiger partial charge in [-0.05, 0) is 52.3 Å². The van der Waals surface area contributed by atoms with E-state index in [0.717, 1.165) is 16.7 Å². The van der Waals surface area contributed by atoms with Crippen molar-refractivity contribution in [2.75, 3.05) is 0 Å². The van der Waals surface area contributed by atoms with Crippen molar-refractivity contribution in [1.29, 1.82) is 0 Å². The molecule has 0 aliphatic rings. The van der Waals surface area contributed by atoms with Crippen LogP contribution in [0.4, 0.5) is 5.69 Å². The van der Waals surface area contributed by atoms with E-state index >= 15 is 0 Å². The second-order valence-corrected chi connectivity index (χ2v) is 6.10. The molecule has 0 aliphatic carbocycles. The Morgan fingerprint density at radius 1 is 1.04 bits per heavy atom. The summed E-state index contributed by atoms with van der Waals surface area (Å²) in [6.07, 6.45) is 3.80. The van der Waals surface area contributed by atoms with Crippen molar-refractivity contribution in [3.8, 4) is 0 Å². The number of hydrogen-bond acceptors (Lipinski definition) is 3. The molecule has 120 valence electrons. The number of nitrogens with zero attached hydrogens (tertiary/aromatic N) is 2. The Balaban J connectivity index is 2.47. The van der Waals surface area contributed by atoms with Crippen LogP contribution in [0.1, 0.15) is 38.2 Å². The summed E-state index contributed by atoms with van der Waals surface area (Å²) in [6.45, 7) is 9.29. The molecule has 2 rings (SSSR count). The summed E-state index contributed by atoms with van der Waals surface area (Å²) in [6, 6.07) is 3.75. The number of rotatable bonds is 4. The first-order valence-corrected chi connectivity index (χ1v) is 7.46. The van der Waals surface area contributed by atoms with E-state index in [4.69, 9.17) is 0 Å². The number of benzene rings is 1. The molecule has 1 heterocycles. The minimum absolute atomic E-state index is 0.0318. The average Bonchev–Trinajstić information content (AvgIpc) is 2.35. The number of nitro benzene ring substituents is 1. The van der Waals surface area contributed by atoms with Gasteiger partial charge in [-0.2, -0.15) is 4.57 Å². The molecule has 0 N–H and O–H groups in total. The maximum Gasteiger partial charge on any atom is 0.275 e. The van der Waals surface area contributed by atoms with Gasteiger partial charge in [0.15, 0.2) is 12.4 Å². The molecule has 2 aromatic rings. The molecule has 1 aromatic carbocycles. The van der Waals surface area contributed by atoms with Crippen LogP contribution >= 0.6 is 0 Å². The van der Waals surface area contributed by atoms with Crippen molar-refractivity contribution in [2.24, 2.45) is 0 Å². The van der Waals surface area contributed by atoms with Crippen molar-refractivity contribution in [3.05, 3.63) is 68.0 Å². The summed E-state index contributed by atoms with van der Waals surface area (Å²) in [5, 5.41) is 11.3. The third-order valence-corrected chi connectivity index (χ3v) is 3.91. The third kappa shape index (κ3) is 3.44. The van der Waals surface area contributed by atoms with Crippen molar-refractivity contribution < 1.29 is 14.3 Å². The molecule has 0 unspecified atom stereocenters. The van der Waals surface area contributed by atoms with Crippen molar-refractivity contribution in [2.45, 2.75) is 41.2 Å². The molecule has 5 nitrogen and oxygen atoms in total. The Morgan fingerprint density at radius 3 is 2.13 bits per heavy atom. The minimum Gasteiger partial charge on any atom is -0.287 e. The SMILES string of the molecule is Cc1cc(C)c[n+](CC(=O)c2c(C)cc(C)c([N+](=O)[O-])c2C)c1. The summed E-state index contributed by atoms with van der Waals surface area (Å²) < 4.78 is 1.83. The number of carbonyl (C=O) groups is 1. The van der Waals surface area contributed by atoms with E-state index in [1.807, 2.05) is 43.8 Å². The number of Topliss-reactive ketones (excluding diaryl/α,β-unsaturated/α-hetero) is 1. The number of hydrogen-bond donors (Lipinski definition) is 0. The molecule has 0 bridgehead atoms. The minimum atomic E-state index is -0.412. The molecular formula is C18H21N2O3+. The fourth-order valence-electron chi connectivity index (χ4n) is 3.22. The summed E-state index contributed by atoms with van der Waals surface area (Å²) in [7, 11) is 0. The lowest BCUT2D eigenvalue weighted by Crippen LogP contribution is -2.38. The lowest BCUT2D eigenvalue weighted by Gasteiger charge is -2.10. The van der Waals surface area contributed by atoms with Crippen LogP contribution in [-0.4, -0.2) is 10.7 Å². The molecule has 0 aliphatic heterocycles. The van der Waals surface area contributed by atoms with E-state index in [2.05, 4.69) is 0 Å². The molecule has 0 spiro atoms. The number of nitro groups is 1. The Morgan fingerprint density at radius 2 is 1.61 bits per heavy atom. The molecule has 0 amide bonds. The second kappa shape index (κ2) is 6.28. The van der Waals surface area contributed by atoms with Crippen molar-refractivity contribution in [3.63, 3.8) is 0 Å². The van der Waals surface area contributed by atoms with Gasteiger partial charge in [0.1, 0.15) is 0 Å². The fraction of sp³-hybridized carbons (Fsp3) is 0.333. The van der Waals surface area contributed by atoms with Crippen LogP contribution in [0.2, 0.25) is 0 Å². The number of carbonyl (C=O) groups excluding carboxylic acids is 1. The molecule has 0 atom stereocenters. The van der Waals surface area contributed by atoms with E-state index in [-0.39, 0.29) is 18.0 Å². The molecule has 0 saturated carbocycles. The predicted molar refractivity (Wildman–Crippen MR) is 87.7 cm³/mol. The van der Waals surface area contributed by atoms with E-state index < -0.39 is 4.92 Å². The summed E-state index contributed by atoms with van der Waals surface area (Å²) >= 11 is 0. The fourth-order valence-corrected chi connectivity index (χ4v) is 3.22. The molecule has 0 saturated heterocycles. The van der Waals surface area contributed by atoms with Crippen molar-refractivity contribution in [1.82, 2.24) is 0 Å². The monoisotopic (exact) mass is 313 g/mol. The molecule has 5 heteroatoms. The number of aromatic nitrogens is 1. The van der Waals surface area contributed by atoms with Gasteiger partial charge in [0.05, 0.1) is 4.92 Å². The highest BCUT2D eigenvalue weighted by Crippen LogP contribution is 2.29. The Hall–Kier alpha value is -2.56. The zero-order valence-electron chi connectivity index (χ0n) is 14.1. The lowest BCUT2D eigenvalue weighted by atomic mass is 9.94. The van der Waals surface area contributed by atoms with Crippen LogP contribution in [0.25, 0.3) is 0 Å². The zero-order chi connectivity index (χ0) is 17.3. The molecular weight excluding hydrogens is 292 g/mol. The quantitative estimate of drug-likeness (QED) is 0.376. The molecule has 0 fully saturated rings. The van der Waals surface area contributed by atoms with Crippen LogP contribution < -0.4 is 4.57 Å². The van der Waals surface area contributed by atoms with Crippen LogP contribution in [0.5, 0.6) is 0 Å². The van der Waals surface area contributed by atoms with Gasteiger partial charge >= 0.3 is 0 Å². The number of pyridine rings is 1. The van der Waals surface area contributed by atoms with E-state index in [1.165, 1.54) is 0 Å². The number of aryl methyl sites for hydroxylation is 4. The molecule has 0 radical (unpaired) electrons. The number of ketones is 1. The highest BCUT2D eigenvalue weighted by Gasteiger charge is 2.25. The zero-order valence-corrected chi connectivity index (χ0v) is 14.1. The first-order chi connectivity index (χ1) is 10.7. The molecule has 1 aromatic heterocycles. The van der Waals surface area contributed by atoms with Crippen LogP contribution in [-0.2, 0) is 6.54 Å². The summed E-state index contributed by atoms with van der Waals surface area (Å²) in [5.41, 5.74) is 4.43. The van der Waals surface area contributed by atoms with E-state index in [1.54, 1.807) is 19.9 Å². The van der Waals surface area contributed by atoms with E-state index in [9.17, 15) is 14.9 Å². The first-order valence-electron chi connectivity index (χ1n) is 7.46. The Kier molecular flexibility index (Phi) is 4.59. The van der Waals surface area contributed by atoms with Crippen LogP contribution in [0.15, 0.2) is 24.5 Å². The van der Waals surface area contributed by atoms with Gasteiger partial charge in [-0.25, -0.2) is 0 Å². The highest BCUT2D eigenvalue weighted by atomic mass is 16.6. The smallest absolute Gasteiger partial charge is 0.275 e. The Bertz CT molecular complexity index is 790. The molecule has 23 heavy (non-hydrogen) atoms. The highest BCUT2D eigenvalue weighted by molar-refractivity contribution is 5.99. The van der Waals surface area contributed by atoms with Gasteiger partial charge in [-0.15, -0.1) is 0 Å². The summed E-state index contributed by atoms with van der Waals surface area (Å²) in [4.78, 5) is 23.6. The average molecular weight is 313 g/mol. The van der Waals surface area contributed by atoms with Crippen LogP contribution in [0, 0.1) is 44.7 Å². The maximum atomic E-state index is 12.7. The standard InChI is InChI=1S/C18H21N2O3/c1-11-6-12(2)9-19(8-11)10-16(21)17-13(3)7-14(4)18(15(17)5)20(22)23/h6-9H,10H2,1-5H3/q+1. The topological polar surface area (TPSA) is 64.1 Å². The van der Waals surface area contributed by atoms with Crippen molar-refractivity contribution >= 4 is 11.5 Å². The van der Waals surface area contributed by atoms with Gasteiger partial charge in [-0.1, -0.05) is 0 Å². The van der Waals surface area contributed by atoms with Gasteiger partial charge in [0.2, 0.25) is 12.3 Å². The Labute approximate surface area is 135 Å². The van der Waals surface area contributed by atoms with Gasteiger partial charge in [-0.3, -0.25) is 14.9 Å². The first kappa shape index (κ1) is 16.8. The van der Waals surface area contributed by atoms with E-state index in [0.29, 0.717) is 16.7 Å². The van der Waals surface area contributed by atoms with Gasteiger partial charge in [0, 0.05) is 27.8 Å². The normalized spacial score (nSPS) is 10.7. The summed E-state index contributed by atoms with van der Waals surface area (Å²) in [5.74, 6) is -0.113. The second-order valence-electron chi connectivity index (χ2n) is 6.10. The lowest BCUT2D eigenvalue weighted by molar-refractivity contribution is -0.683. The van der Waals surface area contributed by atoms with Crippen LogP contribution in [0.3, 0.4) is 0 Å².